The first-order valence-electron chi connectivity index (χ1n) is 2.38. The van der Waals surface area contributed by atoms with Gasteiger partial charge in [-0.05, 0) is 18.4 Å². The van der Waals surface area contributed by atoms with Crippen LogP contribution in [0.1, 0.15) is 13.8 Å². The quantitative estimate of drug-likeness (QED) is 0.485. The van der Waals surface area contributed by atoms with Crippen LogP contribution in [0.15, 0.2) is 0 Å². The maximum absolute atomic E-state index is 10.3. The first-order chi connectivity index (χ1) is 3.31. The van der Waals surface area contributed by atoms with Gasteiger partial charge in [0, 0.05) is 17.1 Å². The molecule has 0 spiro atoms. The Morgan fingerprint density at radius 3 is 2.12 bits per heavy atom. The molecule has 0 amide bonds. The van der Waals surface area contributed by atoms with Crippen molar-refractivity contribution >= 4 is 8.03 Å². The summed E-state index contributed by atoms with van der Waals surface area (Å²) < 4.78 is 15.0. The Morgan fingerprint density at radius 2 is 2.00 bits per heavy atom. The minimum atomic E-state index is -1.33. The summed E-state index contributed by atoms with van der Waals surface area (Å²) in [6.07, 6.45) is 0.628. The SMILES string of the molecule is CCO[P+](=O)CC.[Fe]. The molecule has 0 aliphatic carbocycles. The summed E-state index contributed by atoms with van der Waals surface area (Å²) in [7, 11) is -1.33. The van der Waals surface area contributed by atoms with Crippen LogP contribution in [-0.2, 0) is 26.2 Å². The third-order valence-electron chi connectivity index (χ3n) is 0.531. The Morgan fingerprint density at radius 1 is 1.50 bits per heavy atom. The number of hydrogen-bond acceptors (Lipinski definition) is 2. The third-order valence-corrected chi connectivity index (χ3v) is 1.59. The van der Waals surface area contributed by atoms with E-state index in [9.17, 15) is 4.57 Å². The summed E-state index contributed by atoms with van der Waals surface area (Å²) in [6.45, 7) is 4.24. The van der Waals surface area contributed by atoms with Crippen LogP contribution in [0.25, 0.3) is 0 Å². The summed E-state index contributed by atoms with van der Waals surface area (Å²) in [5.41, 5.74) is 0. The van der Waals surface area contributed by atoms with E-state index in [1.54, 1.807) is 0 Å². The van der Waals surface area contributed by atoms with Gasteiger partial charge in [0.2, 0.25) is 0 Å². The van der Waals surface area contributed by atoms with Gasteiger partial charge < -0.3 is 0 Å². The molecular weight excluding hydrogens is 167 g/mol. The smallest absolute Gasteiger partial charge is 0.147 e. The molecular formula is C4H10FeO2P+. The van der Waals surface area contributed by atoms with Gasteiger partial charge in [-0.3, -0.25) is 0 Å². The average Bonchev–Trinajstić information content (AvgIpc) is 1.68. The van der Waals surface area contributed by atoms with Crippen molar-refractivity contribution in [1.82, 2.24) is 0 Å². The van der Waals surface area contributed by atoms with Gasteiger partial charge in [0.25, 0.3) is 0 Å². The molecule has 0 radical (unpaired) electrons. The molecule has 0 aromatic rings. The Balaban J connectivity index is 0. The second kappa shape index (κ2) is 7.58. The molecule has 0 aliphatic heterocycles. The normalized spacial score (nSPS) is 10.0. The largest absolute Gasteiger partial charge is 0.507 e. The van der Waals surface area contributed by atoms with Crippen molar-refractivity contribution in [2.45, 2.75) is 13.8 Å². The fourth-order valence-electron chi connectivity index (χ4n) is 0.235. The first-order valence-corrected chi connectivity index (χ1v) is 3.75. The van der Waals surface area contributed by atoms with E-state index < -0.39 is 8.03 Å². The molecule has 0 saturated heterocycles. The Bertz CT molecular complexity index is 67.1. The summed E-state index contributed by atoms with van der Waals surface area (Å²) in [6, 6.07) is 0. The van der Waals surface area contributed by atoms with Crippen LogP contribution in [0.2, 0.25) is 0 Å². The summed E-state index contributed by atoms with van der Waals surface area (Å²) >= 11 is 0. The van der Waals surface area contributed by atoms with Gasteiger partial charge in [-0.1, -0.05) is 0 Å². The Hall–Kier alpha value is 0.579. The van der Waals surface area contributed by atoms with E-state index in [0.717, 1.165) is 0 Å². The van der Waals surface area contributed by atoms with Gasteiger partial charge in [0.15, 0.2) is 6.16 Å². The van der Waals surface area contributed by atoms with E-state index in [1.165, 1.54) is 0 Å². The van der Waals surface area contributed by atoms with Crippen LogP contribution in [0.4, 0.5) is 0 Å². The van der Waals surface area contributed by atoms with Crippen molar-refractivity contribution in [1.29, 1.82) is 0 Å². The van der Waals surface area contributed by atoms with E-state index in [4.69, 9.17) is 4.52 Å². The van der Waals surface area contributed by atoms with E-state index >= 15 is 0 Å². The molecule has 0 aromatic heterocycles. The van der Waals surface area contributed by atoms with E-state index in [2.05, 4.69) is 0 Å². The molecule has 4 heteroatoms. The van der Waals surface area contributed by atoms with Crippen LogP contribution >= 0.6 is 8.03 Å². The molecule has 8 heavy (non-hydrogen) atoms. The molecule has 1 atom stereocenters. The molecule has 0 N–H and O–H groups in total. The number of hydrogen-bond donors (Lipinski definition) is 0. The van der Waals surface area contributed by atoms with E-state index in [-0.39, 0.29) is 17.1 Å². The molecule has 0 heterocycles. The zero-order valence-electron chi connectivity index (χ0n) is 5.03. The molecule has 0 rings (SSSR count). The summed E-state index contributed by atoms with van der Waals surface area (Å²) in [4.78, 5) is 0. The molecule has 0 bridgehead atoms. The molecule has 0 aromatic carbocycles. The zero-order valence-corrected chi connectivity index (χ0v) is 7.03. The fourth-order valence-corrected chi connectivity index (χ4v) is 0.706. The van der Waals surface area contributed by atoms with E-state index in [0.29, 0.717) is 12.8 Å². The third kappa shape index (κ3) is 6.58. The van der Waals surface area contributed by atoms with Crippen LogP contribution in [-0.4, -0.2) is 12.8 Å². The standard InChI is InChI=1S/C4H10O2P.Fe/c1-3-6-7(5)4-2;/h3-4H2,1-2H3;/q+1;. The summed E-state index contributed by atoms with van der Waals surface area (Å²) in [5, 5.41) is 0. The second-order valence-electron chi connectivity index (χ2n) is 1.07. The van der Waals surface area contributed by atoms with Gasteiger partial charge in [-0.15, -0.1) is 4.52 Å². The zero-order chi connectivity index (χ0) is 5.70. The topological polar surface area (TPSA) is 26.3 Å². The first kappa shape index (κ1) is 11.4. The minimum Gasteiger partial charge on any atom is -0.147 e. The molecule has 2 nitrogen and oxygen atoms in total. The van der Waals surface area contributed by atoms with Crippen LogP contribution in [0, 0.1) is 0 Å². The van der Waals surface area contributed by atoms with Crippen molar-refractivity contribution in [2.24, 2.45) is 0 Å². The van der Waals surface area contributed by atoms with Crippen molar-refractivity contribution in [3.05, 3.63) is 0 Å². The predicted molar refractivity (Wildman–Crippen MR) is 29.8 cm³/mol. The predicted octanol–water partition coefficient (Wildman–Crippen LogP) is 1.78. The maximum Gasteiger partial charge on any atom is 0.507 e. The van der Waals surface area contributed by atoms with Crippen LogP contribution < -0.4 is 0 Å². The number of rotatable bonds is 3. The average molecular weight is 177 g/mol. The second-order valence-corrected chi connectivity index (χ2v) is 2.62. The molecule has 50 valence electrons. The van der Waals surface area contributed by atoms with Gasteiger partial charge in [0.1, 0.15) is 0 Å². The van der Waals surface area contributed by atoms with E-state index in [1.807, 2.05) is 13.8 Å². The van der Waals surface area contributed by atoms with Gasteiger partial charge in [0.05, 0.1) is 6.61 Å². The van der Waals surface area contributed by atoms with Crippen molar-refractivity contribution in [3.63, 3.8) is 0 Å². The van der Waals surface area contributed by atoms with Crippen LogP contribution in [0.5, 0.6) is 0 Å². The van der Waals surface area contributed by atoms with Crippen molar-refractivity contribution in [3.8, 4) is 0 Å². The Labute approximate surface area is 61.3 Å². The van der Waals surface area contributed by atoms with Crippen LogP contribution in [0.3, 0.4) is 0 Å². The molecule has 0 aliphatic rings. The molecule has 1 unspecified atom stereocenters. The summed E-state index contributed by atoms with van der Waals surface area (Å²) in [5.74, 6) is 0. The maximum atomic E-state index is 10.3. The Kier molecular flexibility index (Phi) is 10.8. The monoisotopic (exact) mass is 177 g/mol. The molecule has 0 saturated carbocycles. The van der Waals surface area contributed by atoms with Crippen molar-refractivity contribution in [2.75, 3.05) is 12.8 Å². The van der Waals surface area contributed by atoms with Gasteiger partial charge in [-0.2, -0.15) is 0 Å². The van der Waals surface area contributed by atoms with Crippen molar-refractivity contribution < 1.29 is 26.2 Å². The fraction of sp³-hybridized carbons (Fsp3) is 1.00. The minimum absolute atomic E-state index is 0. The van der Waals surface area contributed by atoms with Gasteiger partial charge in [-0.25, -0.2) is 0 Å². The molecule has 0 fully saturated rings. The van der Waals surface area contributed by atoms with Gasteiger partial charge >= 0.3 is 8.03 Å².